The first-order valence-corrected chi connectivity index (χ1v) is 7.46. The molecule has 0 unspecified atom stereocenters. The summed E-state index contributed by atoms with van der Waals surface area (Å²) in [6.45, 7) is 9.13. The molecular formula is C13H19N5OS. The van der Waals surface area contributed by atoms with Gasteiger partial charge >= 0.3 is 0 Å². The third-order valence-electron chi connectivity index (χ3n) is 2.73. The summed E-state index contributed by atoms with van der Waals surface area (Å²) in [6, 6.07) is 1.79. The van der Waals surface area contributed by atoms with Gasteiger partial charge in [0.1, 0.15) is 0 Å². The molecule has 0 fully saturated rings. The third kappa shape index (κ3) is 3.41. The van der Waals surface area contributed by atoms with Gasteiger partial charge in [0.15, 0.2) is 5.01 Å². The lowest BCUT2D eigenvalue weighted by Crippen LogP contribution is -2.13. The highest BCUT2D eigenvalue weighted by Crippen LogP contribution is 2.25. The van der Waals surface area contributed by atoms with E-state index in [0.717, 1.165) is 17.4 Å². The molecule has 0 amide bonds. The maximum Gasteiger partial charge on any atom is 0.274 e. The van der Waals surface area contributed by atoms with Crippen LogP contribution in [0.1, 0.15) is 39.3 Å². The monoisotopic (exact) mass is 293 g/mol. The number of aromatic amines is 1. The zero-order valence-corrected chi connectivity index (χ0v) is 12.9. The summed E-state index contributed by atoms with van der Waals surface area (Å²) < 4.78 is 0. The highest BCUT2D eigenvalue weighted by Gasteiger charge is 2.13. The molecule has 0 radical (unpaired) electrons. The number of nitrogens with one attached hydrogen (secondary N) is 2. The fourth-order valence-electron chi connectivity index (χ4n) is 1.57. The van der Waals surface area contributed by atoms with Gasteiger partial charge in [0.25, 0.3) is 5.56 Å². The van der Waals surface area contributed by atoms with Gasteiger partial charge in [-0.3, -0.25) is 4.79 Å². The maximum atomic E-state index is 11.9. The Labute approximate surface area is 121 Å². The van der Waals surface area contributed by atoms with E-state index in [0.29, 0.717) is 16.5 Å². The highest BCUT2D eigenvalue weighted by atomic mass is 32.1. The molecule has 2 heterocycles. The predicted octanol–water partition coefficient (Wildman–Crippen LogP) is 2.48. The summed E-state index contributed by atoms with van der Waals surface area (Å²) in [5.74, 6) is 0.774. The first-order valence-electron chi connectivity index (χ1n) is 6.64. The molecule has 7 heteroatoms. The average Bonchev–Trinajstić information content (AvgIpc) is 2.85. The first kappa shape index (κ1) is 14.6. The van der Waals surface area contributed by atoms with E-state index in [1.807, 2.05) is 13.8 Å². The maximum absolute atomic E-state index is 11.9. The Morgan fingerprint density at radius 3 is 2.70 bits per heavy atom. The molecule has 0 aliphatic carbocycles. The number of rotatable bonds is 5. The van der Waals surface area contributed by atoms with Crippen molar-refractivity contribution >= 4 is 16.5 Å². The molecule has 2 N–H and O–H groups in total. The van der Waals surface area contributed by atoms with Gasteiger partial charge in [-0.05, 0) is 17.9 Å². The van der Waals surface area contributed by atoms with Gasteiger partial charge in [-0.25, -0.2) is 5.10 Å². The molecule has 2 rings (SSSR count). The number of hydrogen-bond acceptors (Lipinski definition) is 6. The van der Waals surface area contributed by atoms with Crippen LogP contribution in [-0.4, -0.2) is 26.9 Å². The average molecular weight is 293 g/mol. The van der Waals surface area contributed by atoms with Crippen LogP contribution >= 0.6 is 11.3 Å². The van der Waals surface area contributed by atoms with Gasteiger partial charge in [0, 0.05) is 6.54 Å². The van der Waals surface area contributed by atoms with Gasteiger partial charge in [-0.1, -0.05) is 39.0 Å². The minimum absolute atomic E-state index is 0.235. The van der Waals surface area contributed by atoms with Crippen molar-refractivity contribution in [3.05, 3.63) is 22.1 Å². The summed E-state index contributed by atoms with van der Waals surface area (Å²) in [6.07, 6.45) is 0. The Morgan fingerprint density at radius 1 is 1.30 bits per heavy atom. The van der Waals surface area contributed by atoms with Crippen LogP contribution in [0.15, 0.2) is 10.9 Å². The topological polar surface area (TPSA) is 83.6 Å². The third-order valence-corrected chi connectivity index (χ3v) is 3.65. The molecule has 108 valence electrons. The van der Waals surface area contributed by atoms with E-state index >= 15 is 0 Å². The van der Waals surface area contributed by atoms with Crippen molar-refractivity contribution < 1.29 is 0 Å². The minimum atomic E-state index is -0.235. The smallest absolute Gasteiger partial charge is 0.274 e. The van der Waals surface area contributed by atoms with Crippen molar-refractivity contribution in [2.75, 3.05) is 11.9 Å². The second-order valence-corrected chi connectivity index (χ2v) is 6.35. The molecule has 0 bridgehead atoms. The van der Waals surface area contributed by atoms with Crippen molar-refractivity contribution in [3.8, 4) is 10.6 Å². The number of H-pyrrole nitrogens is 1. The van der Waals surface area contributed by atoms with E-state index in [9.17, 15) is 4.79 Å². The fourth-order valence-corrected chi connectivity index (χ4v) is 2.33. The van der Waals surface area contributed by atoms with E-state index in [2.05, 4.69) is 39.6 Å². The number of nitrogens with zero attached hydrogens (tertiary/aromatic N) is 3. The van der Waals surface area contributed by atoms with Crippen LogP contribution in [0.3, 0.4) is 0 Å². The number of hydrogen-bond donors (Lipinski definition) is 2. The van der Waals surface area contributed by atoms with Crippen molar-refractivity contribution in [2.45, 2.75) is 33.6 Å². The van der Waals surface area contributed by atoms with Crippen LogP contribution in [0, 0.1) is 5.92 Å². The van der Waals surface area contributed by atoms with Crippen LogP contribution in [-0.2, 0) is 0 Å². The zero-order valence-electron chi connectivity index (χ0n) is 12.1. The van der Waals surface area contributed by atoms with Gasteiger partial charge in [0.05, 0.1) is 11.3 Å². The molecule has 2 aromatic rings. The van der Waals surface area contributed by atoms with E-state index in [1.54, 1.807) is 6.07 Å². The summed E-state index contributed by atoms with van der Waals surface area (Å²) in [5.41, 5.74) is 1.13. The molecule has 0 aromatic carbocycles. The molecule has 6 nitrogen and oxygen atoms in total. The Bertz CT molecular complexity index is 632. The van der Waals surface area contributed by atoms with Gasteiger partial charge in [0.2, 0.25) is 5.13 Å². The van der Waals surface area contributed by atoms with Crippen LogP contribution in [0.4, 0.5) is 5.13 Å². The lowest BCUT2D eigenvalue weighted by molar-refractivity contribution is 0.687. The molecule has 0 atom stereocenters. The Kier molecular flexibility index (Phi) is 4.49. The van der Waals surface area contributed by atoms with Crippen LogP contribution in [0.5, 0.6) is 0 Å². The Morgan fingerprint density at radius 2 is 2.05 bits per heavy atom. The summed E-state index contributed by atoms with van der Waals surface area (Å²) in [7, 11) is 0. The predicted molar refractivity (Wildman–Crippen MR) is 81.2 cm³/mol. The lowest BCUT2D eigenvalue weighted by Gasteiger charge is -2.04. The Hall–Kier alpha value is -1.76. The standard InChI is InChI=1S/C13H19N5OS/c1-7(2)6-14-13-18-17-12(20-13)9-5-10(8(3)4)15-16-11(9)19/h5,7-8H,6H2,1-4H3,(H,14,18)(H,16,19). The van der Waals surface area contributed by atoms with Gasteiger partial charge in [-0.2, -0.15) is 5.10 Å². The molecule has 2 aromatic heterocycles. The normalized spacial score (nSPS) is 11.3. The second-order valence-electron chi connectivity index (χ2n) is 5.38. The minimum Gasteiger partial charge on any atom is -0.360 e. The fraction of sp³-hybridized carbons (Fsp3) is 0.538. The zero-order chi connectivity index (χ0) is 14.7. The molecule has 0 aliphatic heterocycles. The molecule has 0 saturated heterocycles. The van der Waals surface area contributed by atoms with Crippen LogP contribution < -0.4 is 10.9 Å². The second kappa shape index (κ2) is 6.13. The number of aromatic nitrogens is 4. The van der Waals surface area contributed by atoms with E-state index in [-0.39, 0.29) is 11.5 Å². The quantitative estimate of drug-likeness (QED) is 0.884. The molecule has 0 aliphatic rings. The van der Waals surface area contributed by atoms with E-state index in [4.69, 9.17) is 0 Å². The largest absolute Gasteiger partial charge is 0.360 e. The van der Waals surface area contributed by atoms with Crippen molar-refractivity contribution in [1.29, 1.82) is 0 Å². The summed E-state index contributed by atoms with van der Waals surface area (Å²) in [5, 5.41) is 19.3. The summed E-state index contributed by atoms with van der Waals surface area (Å²) in [4.78, 5) is 11.9. The van der Waals surface area contributed by atoms with Gasteiger partial charge in [-0.15, -0.1) is 10.2 Å². The summed E-state index contributed by atoms with van der Waals surface area (Å²) >= 11 is 1.38. The Balaban J connectivity index is 2.27. The van der Waals surface area contributed by atoms with Crippen LogP contribution in [0.25, 0.3) is 10.6 Å². The highest BCUT2D eigenvalue weighted by molar-refractivity contribution is 7.18. The molecule has 20 heavy (non-hydrogen) atoms. The van der Waals surface area contributed by atoms with Crippen molar-refractivity contribution in [3.63, 3.8) is 0 Å². The van der Waals surface area contributed by atoms with E-state index in [1.165, 1.54) is 11.3 Å². The molecular weight excluding hydrogens is 274 g/mol. The van der Waals surface area contributed by atoms with Crippen molar-refractivity contribution in [2.24, 2.45) is 5.92 Å². The molecule has 0 saturated carbocycles. The SMILES string of the molecule is CC(C)CNc1nnc(-c2cc(C(C)C)n[nH]c2=O)s1. The van der Waals surface area contributed by atoms with E-state index < -0.39 is 0 Å². The lowest BCUT2D eigenvalue weighted by atomic mass is 10.1. The van der Waals surface area contributed by atoms with Crippen molar-refractivity contribution in [1.82, 2.24) is 20.4 Å². The first-order chi connectivity index (χ1) is 9.47. The van der Waals surface area contributed by atoms with Gasteiger partial charge < -0.3 is 5.32 Å². The van der Waals surface area contributed by atoms with Crippen LogP contribution in [0.2, 0.25) is 0 Å². The molecule has 0 spiro atoms. The number of anilines is 1.